The Morgan fingerprint density at radius 2 is 1.81 bits per heavy atom. The van der Waals surface area contributed by atoms with E-state index in [0.29, 0.717) is 11.4 Å². The molecule has 0 saturated carbocycles. The molecule has 0 bridgehead atoms. The van der Waals surface area contributed by atoms with Crippen molar-refractivity contribution in [3.63, 3.8) is 0 Å². The lowest BCUT2D eigenvalue weighted by Gasteiger charge is -2.34. The van der Waals surface area contributed by atoms with E-state index >= 15 is 0 Å². The van der Waals surface area contributed by atoms with Gasteiger partial charge in [-0.25, -0.2) is 0 Å². The van der Waals surface area contributed by atoms with Crippen molar-refractivity contribution in [1.82, 2.24) is 0 Å². The number of carbonyl (C=O) groups is 1. The summed E-state index contributed by atoms with van der Waals surface area (Å²) < 4.78 is 5.28. The molecule has 2 aromatic rings. The zero-order valence-corrected chi connectivity index (χ0v) is 16.5. The lowest BCUT2D eigenvalue weighted by atomic mass is 9.73. The highest BCUT2D eigenvalue weighted by molar-refractivity contribution is 6.31. The van der Waals surface area contributed by atoms with Gasteiger partial charge in [0.15, 0.2) is 5.78 Å². The minimum absolute atomic E-state index is 0.0652. The van der Waals surface area contributed by atoms with Crippen LogP contribution in [0.25, 0.3) is 0 Å². The summed E-state index contributed by atoms with van der Waals surface area (Å²) in [6.45, 7) is 4.28. The number of Topliss-reactive ketones (excluding diaryl/α,β-unsaturated/α-hetero) is 1. The standard InChI is InChI=1S/C22H23ClN2O2/c1-22(2)11-18-20(19(26)12-22)21(13-4-7-15(27-3)8-5-13)25-17-10-14(23)6-9-16(17)24-18/h4-10,21,24-25H,11-12H2,1-3H3/t21-/m1/s1. The Kier molecular flexibility index (Phi) is 4.39. The van der Waals surface area contributed by atoms with Crippen molar-refractivity contribution < 1.29 is 9.53 Å². The first-order chi connectivity index (χ1) is 12.9. The highest BCUT2D eigenvalue weighted by Crippen LogP contribution is 2.45. The van der Waals surface area contributed by atoms with Gasteiger partial charge in [-0.1, -0.05) is 37.6 Å². The Morgan fingerprint density at radius 1 is 1.07 bits per heavy atom. The maximum atomic E-state index is 13.1. The molecule has 1 atom stereocenters. The van der Waals surface area contributed by atoms with Crippen LogP contribution in [-0.2, 0) is 4.79 Å². The molecule has 0 radical (unpaired) electrons. The van der Waals surface area contributed by atoms with E-state index in [0.717, 1.165) is 40.4 Å². The third-order valence-electron chi connectivity index (χ3n) is 5.22. The second-order valence-electron chi connectivity index (χ2n) is 8.00. The van der Waals surface area contributed by atoms with Gasteiger partial charge in [0.25, 0.3) is 0 Å². The third kappa shape index (κ3) is 3.42. The summed E-state index contributed by atoms with van der Waals surface area (Å²) in [5, 5.41) is 7.71. The molecule has 5 heteroatoms. The maximum absolute atomic E-state index is 13.1. The number of hydrogen-bond donors (Lipinski definition) is 2. The Labute approximate surface area is 164 Å². The molecular formula is C22H23ClN2O2. The van der Waals surface area contributed by atoms with Crippen LogP contribution >= 0.6 is 11.6 Å². The summed E-state index contributed by atoms with van der Waals surface area (Å²) in [4.78, 5) is 13.1. The molecule has 2 aliphatic rings. The van der Waals surface area contributed by atoms with E-state index in [1.54, 1.807) is 7.11 Å². The highest BCUT2D eigenvalue weighted by Gasteiger charge is 2.38. The average molecular weight is 383 g/mol. The van der Waals surface area contributed by atoms with Gasteiger partial charge in [0.1, 0.15) is 5.75 Å². The second kappa shape index (κ2) is 6.61. The monoisotopic (exact) mass is 382 g/mol. The van der Waals surface area contributed by atoms with E-state index in [1.807, 2.05) is 42.5 Å². The van der Waals surface area contributed by atoms with Crippen molar-refractivity contribution in [2.45, 2.75) is 32.7 Å². The molecule has 0 fully saturated rings. The van der Waals surface area contributed by atoms with Crippen molar-refractivity contribution in [3.8, 4) is 5.75 Å². The number of benzene rings is 2. The van der Waals surface area contributed by atoms with Gasteiger partial charge < -0.3 is 15.4 Å². The van der Waals surface area contributed by atoms with Crippen LogP contribution in [0.1, 0.15) is 38.3 Å². The third-order valence-corrected chi connectivity index (χ3v) is 5.46. The SMILES string of the molecule is COc1ccc([C@H]2Nc3cc(Cl)ccc3NC3=C2C(=O)CC(C)(C)C3)cc1. The first kappa shape index (κ1) is 17.9. The summed E-state index contributed by atoms with van der Waals surface area (Å²) >= 11 is 6.23. The molecule has 1 aliphatic heterocycles. The van der Waals surface area contributed by atoms with Crippen LogP contribution in [0.5, 0.6) is 5.75 Å². The number of halogens is 1. The Balaban J connectivity index is 1.86. The fourth-order valence-electron chi connectivity index (χ4n) is 3.96. The Morgan fingerprint density at radius 3 is 2.52 bits per heavy atom. The molecule has 140 valence electrons. The van der Waals surface area contributed by atoms with Crippen molar-refractivity contribution in [3.05, 3.63) is 64.3 Å². The quantitative estimate of drug-likeness (QED) is 0.712. The molecule has 2 aromatic carbocycles. The van der Waals surface area contributed by atoms with E-state index in [-0.39, 0.29) is 17.2 Å². The van der Waals surface area contributed by atoms with Crippen LogP contribution < -0.4 is 15.4 Å². The first-order valence-electron chi connectivity index (χ1n) is 9.10. The van der Waals surface area contributed by atoms with Gasteiger partial charge in [0, 0.05) is 22.7 Å². The molecule has 0 unspecified atom stereocenters. The van der Waals surface area contributed by atoms with Gasteiger partial charge >= 0.3 is 0 Å². The number of nitrogens with one attached hydrogen (secondary N) is 2. The number of carbonyl (C=O) groups excluding carboxylic acids is 1. The average Bonchev–Trinajstić information content (AvgIpc) is 2.77. The summed E-state index contributed by atoms with van der Waals surface area (Å²) in [7, 11) is 1.65. The summed E-state index contributed by atoms with van der Waals surface area (Å²) in [5.41, 5.74) is 4.59. The van der Waals surface area contributed by atoms with Crippen LogP contribution in [0.2, 0.25) is 5.02 Å². The summed E-state index contributed by atoms with van der Waals surface area (Å²) in [6, 6.07) is 13.3. The topological polar surface area (TPSA) is 50.4 Å². The number of allylic oxidation sites excluding steroid dienone is 1. The van der Waals surface area contributed by atoms with Crippen molar-refractivity contribution in [1.29, 1.82) is 0 Å². The second-order valence-corrected chi connectivity index (χ2v) is 8.44. The smallest absolute Gasteiger partial charge is 0.163 e. The van der Waals surface area contributed by atoms with Gasteiger partial charge in [0.05, 0.1) is 24.5 Å². The van der Waals surface area contributed by atoms with E-state index in [4.69, 9.17) is 16.3 Å². The molecule has 0 spiro atoms. The maximum Gasteiger partial charge on any atom is 0.163 e. The minimum atomic E-state index is -0.235. The van der Waals surface area contributed by atoms with Crippen LogP contribution in [0.15, 0.2) is 53.7 Å². The summed E-state index contributed by atoms with van der Waals surface area (Å²) in [5.74, 6) is 0.972. The minimum Gasteiger partial charge on any atom is -0.497 e. The lowest BCUT2D eigenvalue weighted by Crippen LogP contribution is -2.31. The van der Waals surface area contributed by atoms with E-state index in [1.165, 1.54) is 0 Å². The lowest BCUT2D eigenvalue weighted by molar-refractivity contribution is -0.118. The molecule has 4 nitrogen and oxygen atoms in total. The van der Waals surface area contributed by atoms with E-state index < -0.39 is 0 Å². The van der Waals surface area contributed by atoms with Gasteiger partial charge in [0.2, 0.25) is 0 Å². The van der Waals surface area contributed by atoms with Gasteiger partial charge in [-0.3, -0.25) is 4.79 Å². The molecular weight excluding hydrogens is 360 g/mol. The van der Waals surface area contributed by atoms with Gasteiger partial charge in [-0.05, 0) is 47.7 Å². The highest BCUT2D eigenvalue weighted by atomic mass is 35.5. The molecule has 4 rings (SSSR count). The van der Waals surface area contributed by atoms with E-state index in [9.17, 15) is 4.79 Å². The number of ether oxygens (including phenoxy) is 1. The van der Waals surface area contributed by atoms with Crippen LogP contribution in [0.3, 0.4) is 0 Å². The van der Waals surface area contributed by atoms with Gasteiger partial charge in [-0.15, -0.1) is 0 Å². The Bertz CT molecular complexity index is 932. The Hall–Kier alpha value is -2.46. The molecule has 1 heterocycles. The molecule has 0 amide bonds. The molecule has 2 N–H and O–H groups in total. The number of hydrogen-bond acceptors (Lipinski definition) is 4. The first-order valence-corrected chi connectivity index (χ1v) is 9.47. The number of anilines is 2. The predicted molar refractivity (Wildman–Crippen MR) is 109 cm³/mol. The van der Waals surface area contributed by atoms with E-state index in [2.05, 4.69) is 24.5 Å². The molecule has 1 aliphatic carbocycles. The van der Waals surface area contributed by atoms with Crippen molar-refractivity contribution in [2.75, 3.05) is 17.7 Å². The molecule has 27 heavy (non-hydrogen) atoms. The van der Waals surface area contributed by atoms with Crippen LogP contribution in [-0.4, -0.2) is 12.9 Å². The molecule has 0 saturated heterocycles. The molecule has 0 aromatic heterocycles. The van der Waals surface area contributed by atoms with Crippen LogP contribution in [0, 0.1) is 5.41 Å². The largest absolute Gasteiger partial charge is 0.497 e. The predicted octanol–water partition coefficient (Wildman–Crippen LogP) is 5.57. The fraction of sp³-hybridized carbons (Fsp3) is 0.318. The number of rotatable bonds is 2. The van der Waals surface area contributed by atoms with Gasteiger partial charge in [-0.2, -0.15) is 0 Å². The number of fused-ring (bicyclic) bond motifs is 1. The summed E-state index contributed by atoms with van der Waals surface area (Å²) in [6.07, 6.45) is 1.36. The zero-order valence-electron chi connectivity index (χ0n) is 15.7. The number of methoxy groups -OCH3 is 1. The van der Waals surface area contributed by atoms with Crippen LogP contribution in [0.4, 0.5) is 11.4 Å². The van der Waals surface area contributed by atoms with Crippen molar-refractivity contribution in [2.24, 2.45) is 5.41 Å². The van der Waals surface area contributed by atoms with Crippen molar-refractivity contribution >= 4 is 28.8 Å². The number of ketones is 1. The fourth-order valence-corrected chi connectivity index (χ4v) is 4.13. The normalized spacial score (nSPS) is 20.7. The zero-order chi connectivity index (χ0) is 19.2.